The Balaban J connectivity index is 3.33. The summed E-state index contributed by atoms with van der Waals surface area (Å²) in [6.07, 6.45) is 1.51. The maximum atomic E-state index is 12.9. The highest BCUT2D eigenvalue weighted by atomic mass is 19.4. The molecule has 1 aromatic carbocycles. The lowest BCUT2D eigenvalue weighted by molar-refractivity contribution is -0.137. The molecule has 0 atom stereocenters. The zero-order valence-corrected chi connectivity index (χ0v) is 12.9. The molecule has 1 N–H and O–H groups in total. The molecular formula is C17H19F3N2O. The number of carbonyl (C=O) groups is 1. The van der Waals surface area contributed by atoms with Crippen molar-refractivity contribution in [1.82, 2.24) is 0 Å². The number of anilines is 2. The molecule has 0 unspecified atom stereocenters. The fourth-order valence-corrected chi connectivity index (χ4v) is 2.00. The molecule has 0 saturated carbocycles. The molecule has 0 aromatic heterocycles. The first kappa shape index (κ1) is 18.5. The number of amides is 1. The van der Waals surface area contributed by atoms with Crippen LogP contribution in [0.5, 0.6) is 0 Å². The molecule has 0 fully saturated rings. The van der Waals surface area contributed by atoms with Crippen LogP contribution in [0.1, 0.15) is 12.5 Å². The second-order valence-corrected chi connectivity index (χ2v) is 4.70. The van der Waals surface area contributed by atoms with Gasteiger partial charge in [0.05, 0.1) is 16.9 Å². The van der Waals surface area contributed by atoms with E-state index in [4.69, 9.17) is 0 Å². The second-order valence-electron chi connectivity index (χ2n) is 4.70. The summed E-state index contributed by atoms with van der Waals surface area (Å²) in [7, 11) is 0. The van der Waals surface area contributed by atoms with Crippen molar-refractivity contribution in [2.45, 2.75) is 13.1 Å². The molecular weight excluding hydrogens is 305 g/mol. The van der Waals surface area contributed by atoms with E-state index in [1.807, 2.05) is 0 Å². The van der Waals surface area contributed by atoms with Crippen molar-refractivity contribution in [2.75, 3.05) is 23.3 Å². The molecule has 0 heterocycles. The van der Waals surface area contributed by atoms with Crippen LogP contribution in [0, 0.1) is 0 Å². The Labute approximate surface area is 133 Å². The first-order chi connectivity index (χ1) is 10.8. The summed E-state index contributed by atoms with van der Waals surface area (Å²) in [6.45, 7) is 9.72. The van der Waals surface area contributed by atoms with E-state index in [2.05, 4.69) is 18.5 Å². The topological polar surface area (TPSA) is 32.3 Å². The van der Waals surface area contributed by atoms with Gasteiger partial charge < -0.3 is 10.2 Å². The Bertz CT molecular complexity index is 596. The molecule has 3 nitrogen and oxygen atoms in total. The number of nitrogens with zero attached hydrogens (tertiary/aromatic N) is 1. The van der Waals surface area contributed by atoms with Crippen molar-refractivity contribution in [3.8, 4) is 0 Å². The Morgan fingerprint density at radius 2 is 1.87 bits per heavy atom. The number of nitrogens with one attached hydrogen (secondary N) is 1. The molecule has 1 amide bonds. The molecule has 0 aliphatic heterocycles. The number of hydrogen-bond acceptors (Lipinski definition) is 2. The zero-order chi connectivity index (χ0) is 17.5. The minimum atomic E-state index is -4.49. The lowest BCUT2D eigenvalue weighted by Gasteiger charge is -2.25. The summed E-state index contributed by atoms with van der Waals surface area (Å²) >= 11 is 0. The molecule has 0 saturated heterocycles. The van der Waals surface area contributed by atoms with Crippen LogP contribution in [0.25, 0.3) is 0 Å². The van der Waals surface area contributed by atoms with Crippen LogP contribution >= 0.6 is 0 Å². The summed E-state index contributed by atoms with van der Waals surface area (Å²) in [4.78, 5) is 13.5. The fraction of sp³-hybridized carbons (Fsp3) is 0.235. The molecule has 0 radical (unpaired) electrons. The molecule has 1 rings (SSSR count). The van der Waals surface area contributed by atoms with E-state index in [0.717, 1.165) is 12.1 Å². The predicted octanol–water partition coefficient (Wildman–Crippen LogP) is 4.40. The fourth-order valence-electron chi connectivity index (χ4n) is 2.00. The largest absolute Gasteiger partial charge is 0.416 e. The third kappa shape index (κ3) is 5.32. The molecule has 1 aromatic rings. The van der Waals surface area contributed by atoms with Gasteiger partial charge in [-0.3, -0.25) is 4.79 Å². The third-order valence-corrected chi connectivity index (χ3v) is 2.94. The number of alkyl halides is 3. The van der Waals surface area contributed by atoms with E-state index in [0.29, 0.717) is 18.8 Å². The van der Waals surface area contributed by atoms with Gasteiger partial charge in [0.15, 0.2) is 0 Å². The summed E-state index contributed by atoms with van der Waals surface area (Å²) < 4.78 is 38.7. The van der Waals surface area contributed by atoms with Gasteiger partial charge in [-0.25, -0.2) is 0 Å². The lowest BCUT2D eigenvalue weighted by Crippen LogP contribution is -2.25. The third-order valence-electron chi connectivity index (χ3n) is 2.94. The maximum absolute atomic E-state index is 12.9. The van der Waals surface area contributed by atoms with Gasteiger partial charge in [0.1, 0.15) is 0 Å². The van der Waals surface area contributed by atoms with Gasteiger partial charge in [0, 0.05) is 13.1 Å². The van der Waals surface area contributed by atoms with Crippen LogP contribution in [0.15, 0.2) is 55.7 Å². The Kier molecular flexibility index (Phi) is 6.63. The van der Waals surface area contributed by atoms with Crippen LogP contribution in [-0.4, -0.2) is 19.0 Å². The minimum absolute atomic E-state index is 0.0895. The van der Waals surface area contributed by atoms with Crippen molar-refractivity contribution in [2.24, 2.45) is 0 Å². The van der Waals surface area contributed by atoms with Crippen molar-refractivity contribution >= 4 is 17.3 Å². The van der Waals surface area contributed by atoms with E-state index in [1.54, 1.807) is 24.0 Å². The highest BCUT2D eigenvalue weighted by Gasteiger charge is 2.31. The summed E-state index contributed by atoms with van der Waals surface area (Å²) in [5.74, 6) is -0.495. The van der Waals surface area contributed by atoms with E-state index in [1.165, 1.54) is 18.2 Å². The van der Waals surface area contributed by atoms with E-state index in [9.17, 15) is 18.0 Å². The summed E-state index contributed by atoms with van der Waals surface area (Å²) in [5, 5.41) is 2.49. The first-order valence-electron chi connectivity index (χ1n) is 6.95. The number of carbonyl (C=O) groups excluding carboxylic acids is 1. The average Bonchev–Trinajstić information content (AvgIpc) is 2.46. The average molecular weight is 324 g/mol. The molecule has 0 aliphatic rings. The first-order valence-corrected chi connectivity index (χ1v) is 6.95. The Morgan fingerprint density at radius 1 is 1.26 bits per heavy atom. The minimum Gasteiger partial charge on any atom is -0.362 e. The van der Waals surface area contributed by atoms with Crippen LogP contribution in [0.4, 0.5) is 24.5 Å². The Hall–Kier alpha value is -2.50. The maximum Gasteiger partial charge on any atom is 0.416 e. The molecule has 0 spiro atoms. The van der Waals surface area contributed by atoms with Gasteiger partial charge in [0.2, 0.25) is 5.91 Å². The molecule has 0 bridgehead atoms. The molecule has 23 heavy (non-hydrogen) atoms. The lowest BCUT2D eigenvalue weighted by atomic mass is 10.1. The van der Waals surface area contributed by atoms with Gasteiger partial charge in [-0.1, -0.05) is 18.2 Å². The molecule has 124 valence electrons. The summed E-state index contributed by atoms with van der Waals surface area (Å²) in [6, 6.07) is 3.25. The Morgan fingerprint density at radius 3 is 2.35 bits per heavy atom. The standard InChI is InChI=1S/C17H19F3N2O/c1-4-7-16(23)21-14-12-13(17(18,19)20)8-9-15(14)22(10-5-2)11-6-3/h4-9,12H,2-3,10-11H2,1H3,(H,21,23)/b7-4-. The van der Waals surface area contributed by atoms with Gasteiger partial charge in [-0.15, -0.1) is 13.2 Å². The molecule has 0 aliphatic carbocycles. The van der Waals surface area contributed by atoms with Crippen LogP contribution < -0.4 is 10.2 Å². The van der Waals surface area contributed by atoms with Crippen molar-refractivity contribution in [1.29, 1.82) is 0 Å². The van der Waals surface area contributed by atoms with Crippen molar-refractivity contribution in [3.05, 3.63) is 61.2 Å². The smallest absolute Gasteiger partial charge is 0.362 e. The van der Waals surface area contributed by atoms with Crippen LogP contribution in [0.2, 0.25) is 0 Å². The number of halogens is 3. The highest BCUT2D eigenvalue weighted by molar-refractivity contribution is 6.01. The quantitative estimate of drug-likeness (QED) is 0.595. The second kappa shape index (κ2) is 8.22. The van der Waals surface area contributed by atoms with Gasteiger partial charge in [-0.2, -0.15) is 13.2 Å². The SMILES string of the molecule is C=CCN(CC=C)c1ccc(C(F)(F)F)cc1NC(=O)/C=C\C. The van der Waals surface area contributed by atoms with Crippen LogP contribution in [-0.2, 0) is 11.0 Å². The van der Waals surface area contributed by atoms with Crippen molar-refractivity contribution < 1.29 is 18.0 Å². The highest BCUT2D eigenvalue weighted by Crippen LogP contribution is 2.35. The van der Waals surface area contributed by atoms with Gasteiger partial charge in [0.25, 0.3) is 0 Å². The summed E-state index contributed by atoms with van der Waals surface area (Å²) in [5.41, 5.74) is -0.267. The van der Waals surface area contributed by atoms with Crippen molar-refractivity contribution in [3.63, 3.8) is 0 Å². The van der Waals surface area contributed by atoms with Gasteiger partial charge >= 0.3 is 6.18 Å². The number of benzene rings is 1. The van der Waals surface area contributed by atoms with E-state index < -0.39 is 17.6 Å². The zero-order valence-electron chi connectivity index (χ0n) is 12.9. The number of hydrogen-bond donors (Lipinski definition) is 1. The number of rotatable bonds is 7. The normalized spacial score (nSPS) is 11.3. The van der Waals surface area contributed by atoms with Crippen LogP contribution in [0.3, 0.4) is 0 Å². The molecule has 6 heteroatoms. The van der Waals surface area contributed by atoms with Gasteiger partial charge in [-0.05, 0) is 31.2 Å². The van der Waals surface area contributed by atoms with E-state index >= 15 is 0 Å². The predicted molar refractivity (Wildman–Crippen MR) is 87.5 cm³/mol. The van der Waals surface area contributed by atoms with E-state index in [-0.39, 0.29) is 5.69 Å². The number of allylic oxidation sites excluding steroid dienone is 1. The monoisotopic (exact) mass is 324 g/mol.